The summed E-state index contributed by atoms with van der Waals surface area (Å²) in [4.78, 5) is 6.50. The molecule has 6 rings (SSSR count). The molecule has 0 radical (unpaired) electrons. The van der Waals surface area contributed by atoms with Crippen molar-refractivity contribution in [2.75, 3.05) is 0 Å². The Hall–Kier alpha value is -2.82. The normalized spacial score (nSPS) is 14.2. The largest absolute Gasteiger partial charge is 0.308 e. The fourth-order valence-electron chi connectivity index (χ4n) is 3.30. The molecular weight excluding hydrogens is 416 g/mol. The first kappa shape index (κ1) is 18.0. The number of nitrogens with zero attached hydrogens (tertiary/aromatic N) is 7. The summed E-state index contributed by atoms with van der Waals surface area (Å²) in [6.07, 6.45) is 8.27. The molecule has 1 aromatic carbocycles. The van der Waals surface area contributed by atoms with Crippen molar-refractivity contribution >= 4 is 39.0 Å². The predicted molar refractivity (Wildman–Crippen MR) is 117 cm³/mol. The fraction of sp³-hybridized carbons (Fsp3) is 0.250. The van der Waals surface area contributed by atoms with Crippen LogP contribution >= 0.6 is 23.1 Å². The summed E-state index contributed by atoms with van der Waals surface area (Å²) >= 11 is 3.15. The Morgan fingerprint density at radius 2 is 2.10 bits per heavy atom. The molecule has 0 atom stereocenters. The Kier molecular flexibility index (Phi) is 4.29. The van der Waals surface area contributed by atoms with Gasteiger partial charge in [0.1, 0.15) is 5.01 Å². The number of aromatic nitrogens is 7. The van der Waals surface area contributed by atoms with Crippen molar-refractivity contribution in [2.24, 2.45) is 7.05 Å². The van der Waals surface area contributed by atoms with Gasteiger partial charge in [0.2, 0.25) is 10.1 Å². The first-order chi connectivity index (χ1) is 14.7. The molecule has 5 aromatic rings. The molecule has 1 saturated carbocycles. The van der Waals surface area contributed by atoms with Crippen LogP contribution in [0.3, 0.4) is 0 Å². The average molecular weight is 435 g/mol. The lowest BCUT2D eigenvalue weighted by Gasteiger charge is -2.04. The van der Waals surface area contributed by atoms with E-state index < -0.39 is 0 Å². The minimum absolute atomic E-state index is 0.663. The third kappa shape index (κ3) is 3.47. The Balaban J connectivity index is 1.28. The van der Waals surface area contributed by atoms with Gasteiger partial charge in [-0.3, -0.25) is 9.67 Å². The highest BCUT2D eigenvalue weighted by Gasteiger charge is 2.21. The lowest BCUT2D eigenvalue weighted by atomic mass is 10.1. The molecule has 0 saturated heterocycles. The lowest BCUT2D eigenvalue weighted by molar-refractivity contribution is 0.667. The molecule has 4 heterocycles. The second kappa shape index (κ2) is 7.15. The van der Waals surface area contributed by atoms with Crippen LogP contribution in [-0.2, 0) is 13.6 Å². The summed E-state index contributed by atoms with van der Waals surface area (Å²) in [7, 11) is 1.91. The van der Waals surface area contributed by atoms with Gasteiger partial charge in [0.15, 0.2) is 0 Å². The number of rotatable bonds is 6. The molecule has 1 N–H and O–H groups in total. The van der Waals surface area contributed by atoms with Gasteiger partial charge in [-0.25, -0.2) is 0 Å². The molecule has 0 unspecified atom stereocenters. The summed E-state index contributed by atoms with van der Waals surface area (Å²) in [5, 5.41) is 24.0. The maximum atomic E-state index is 4.69. The Morgan fingerprint density at radius 1 is 1.17 bits per heavy atom. The van der Waals surface area contributed by atoms with E-state index in [1.165, 1.54) is 12.8 Å². The van der Waals surface area contributed by atoms with Crippen molar-refractivity contribution in [2.45, 2.75) is 35.5 Å². The smallest absolute Gasteiger partial charge is 0.235 e. The standard InChI is InChI=1S/C20H18N8S2/c1-27-11-14(9-23-27)13-6-12-7-16(4-5-17(12)22-8-13)29-19-24-25-20-28(19)26-18(30-20)10-21-15-2-3-15/h4-9,11,15,21H,2-3,10H2,1H3. The van der Waals surface area contributed by atoms with Crippen molar-refractivity contribution in [3.05, 3.63) is 47.9 Å². The Labute approximate surface area is 180 Å². The first-order valence-electron chi connectivity index (χ1n) is 9.72. The topological polar surface area (TPSA) is 85.8 Å². The monoisotopic (exact) mass is 434 g/mol. The molecule has 0 spiro atoms. The number of benzene rings is 1. The van der Waals surface area contributed by atoms with Crippen LogP contribution in [-0.4, -0.2) is 40.6 Å². The van der Waals surface area contributed by atoms with Crippen LogP contribution < -0.4 is 5.32 Å². The highest BCUT2D eigenvalue weighted by molar-refractivity contribution is 7.99. The molecule has 1 fully saturated rings. The van der Waals surface area contributed by atoms with Crippen LogP contribution in [0.1, 0.15) is 17.8 Å². The number of fused-ring (bicyclic) bond motifs is 2. The average Bonchev–Trinajstić information content (AvgIpc) is 3.15. The van der Waals surface area contributed by atoms with Gasteiger partial charge in [-0.1, -0.05) is 11.3 Å². The van der Waals surface area contributed by atoms with Crippen LogP contribution in [0.2, 0.25) is 0 Å². The van der Waals surface area contributed by atoms with Gasteiger partial charge in [-0.15, -0.1) is 10.2 Å². The SMILES string of the molecule is Cn1cc(-c2cnc3ccc(Sc4nnc5sc(CNC6CC6)nn45)cc3c2)cn1. The summed E-state index contributed by atoms with van der Waals surface area (Å²) in [5.41, 5.74) is 3.06. The number of hydrogen-bond acceptors (Lipinski definition) is 8. The van der Waals surface area contributed by atoms with Crippen LogP contribution in [0, 0.1) is 0 Å². The number of nitrogens with one attached hydrogen (secondary N) is 1. The van der Waals surface area contributed by atoms with Crippen molar-refractivity contribution in [3.63, 3.8) is 0 Å². The minimum Gasteiger partial charge on any atom is -0.308 e. The third-order valence-electron chi connectivity index (χ3n) is 5.02. The van der Waals surface area contributed by atoms with E-state index in [1.807, 2.05) is 36.2 Å². The minimum atomic E-state index is 0.663. The van der Waals surface area contributed by atoms with Crippen molar-refractivity contribution < 1.29 is 0 Å². The molecule has 30 heavy (non-hydrogen) atoms. The van der Waals surface area contributed by atoms with E-state index in [4.69, 9.17) is 5.10 Å². The quantitative estimate of drug-likeness (QED) is 0.437. The zero-order chi connectivity index (χ0) is 20.1. The molecule has 1 aliphatic rings. The van der Waals surface area contributed by atoms with E-state index in [9.17, 15) is 0 Å². The highest BCUT2D eigenvalue weighted by Crippen LogP contribution is 2.31. The van der Waals surface area contributed by atoms with Gasteiger partial charge in [-0.05, 0) is 48.9 Å². The zero-order valence-corrected chi connectivity index (χ0v) is 17.8. The molecule has 0 amide bonds. The van der Waals surface area contributed by atoms with E-state index in [1.54, 1.807) is 27.8 Å². The first-order valence-corrected chi connectivity index (χ1v) is 11.4. The molecule has 150 valence electrons. The van der Waals surface area contributed by atoms with Gasteiger partial charge in [0.05, 0.1) is 11.7 Å². The van der Waals surface area contributed by atoms with E-state index >= 15 is 0 Å². The molecule has 4 aromatic heterocycles. The highest BCUT2D eigenvalue weighted by atomic mass is 32.2. The van der Waals surface area contributed by atoms with Gasteiger partial charge in [-0.2, -0.15) is 14.7 Å². The number of aryl methyl sites for hydroxylation is 1. The van der Waals surface area contributed by atoms with Gasteiger partial charge < -0.3 is 5.32 Å². The Morgan fingerprint density at radius 3 is 2.93 bits per heavy atom. The molecular formula is C20H18N8S2. The molecule has 1 aliphatic carbocycles. The predicted octanol–water partition coefficient (Wildman–Crippen LogP) is 3.54. The van der Waals surface area contributed by atoms with E-state index in [-0.39, 0.29) is 0 Å². The summed E-state index contributed by atoms with van der Waals surface area (Å²) in [5.74, 6) is 0. The lowest BCUT2D eigenvalue weighted by Crippen LogP contribution is -2.15. The van der Waals surface area contributed by atoms with Crippen molar-refractivity contribution in [3.8, 4) is 11.1 Å². The van der Waals surface area contributed by atoms with E-state index in [2.05, 4.69) is 43.8 Å². The van der Waals surface area contributed by atoms with Crippen molar-refractivity contribution in [1.82, 2.24) is 39.9 Å². The van der Waals surface area contributed by atoms with E-state index in [0.717, 1.165) is 48.6 Å². The second-order valence-electron chi connectivity index (χ2n) is 7.41. The van der Waals surface area contributed by atoms with Crippen LogP contribution in [0.4, 0.5) is 0 Å². The number of hydrogen-bond donors (Lipinski definition) is 1. The van der Waals surface area contributed by atoms with Crippen LogP contribution in [0.15, 0.2) is 52.9 Å². The second-order valence-corrected chi connectivity index (χ2v) is 9.49. The third-order valence-corrected chi connectivity index (χ3v) is 6.85. The summed E-state index contributed by atoms with van der Waals surface area (Å²) in [6.45, 7) is 0.793. The van der Waals surface area contributed by atoms with E-state index in [0.29, 0.717) is 6.04 Å². The number of pyridine rings is 1. The fourth-order valence-corrected chi connectivity index (χ4v) is 4.97. The summed E-state index contributed by atoms with van der Waals surface area (Å²) < 4.78 is 3.64. The molecule has 8 nitrogen and oxygen atoms in total. The maximum absolute atomic E-state index is 4.69. The molecule has 10 heteroatoms. The van der Waals surface area contributed by atoms with Crippen LogP contribution in [0.25, 0.3) is 27.0 Å². The molecule has 0 aliphatic heterocycles. The van der Waals surface area contributed by atoms with Crippen LogP contribution in [0.5, 0.6) is 0 Å². The maximum Gasteiger partial charge on any atom is 0.235 e. The zero-order valence-electron chi connectivity index (χ0n) is 16.2. The van der Waals surface area contributed by atoms with Gasteiger partial charge >= 0.3 is 0 Å². The van der Waals surface area contributed by atoms with Gasteiger partial charge in [0.25, 0.3) is 0 Å². The molecule has 0 bridgehead atoms. The van der Waals surface area contributed by atoms with Crippen molar-refractivity contribution in [1.29, 1.82) is 0 Å². The Bertz CT molecular complexity index is 1360. The summed E-state index contributed by atoms with van der Waals surface area (Å²) in [6, 6.07) is 9.04. The van der Waals surface area contributed by atoms with Gasteiger partial charge in [0, 0.05) is 53.4 Å².